The first kappa shape index (κ1) is 16.6. The molecule has 1 saturated carbocycles. The number of nitrogens with zero attached hydrogens (tertiary/aromatic N) is 1. The van der Waals surface area contributed by atoms with Crippen LogP contribution in [0, 0.1) is 5.41 Å². The van der Waals surface area contributed by atoms with Gasteiger partial charge in [0.15, 0.2) is 0 Å². The van der Waals surface area contributed by atoms with Crippen LogP contribution in [-0.2, 0) is 4.74 Å². The normalized spacial score (nSPS) is 25.8. The summed E-state index contributed by atoms with van der Waals surface area (Å²) in [4.78, 5) is 14.2. The van der Waals surface area contributed by atoms with Crippen LogP contribution in [0.4, 0.5) is 4.79 Å². The lowest BCUT2D eigenvalue weighted by Gasteiger charge is -2.30. The second kappa shape index (κ2) is 6.15. The predicted octanol–water partition coefficient (Wildman–Crippen LogP) is 3.55. The Kier molecular flexibility index (Phi) is 4.86. The molecule has 0 aromatic rings. The second-order valence-electron chi connectivity index (χ2n) is 8.30. The zero-order valence-corrected chi connectivity index (χ0v) is 14.4. The first-order valence-electron chi connectivity index (χ1n) is 8.42. The Bertz CT molecular complexity index is 371. The van der Waals surface area contributed by atoms with Gasteiger partial charge in [0, 0.05) is 25.2 Å². The van der Waals surface area contributed by atoms with Crippen molar-refractivity contribution >= 4 is 6.09 Å². The molecule has 0 aromatic heterocycles. The minimum absolute atomic E-state index is 0.147. The van der Waals surface area contributed by atoms with Crippen LogP contribution in [-0.4, -0.2) is 41.8 Å². The molecular weight excluding hydrogens is 264 g/mol. The summed E-state index contributed by atoms with van der Waals surface area (Å²) < 4.78 is 5.52. The third-order valence-electron chi connectivity index (χ3n) is 4.61. The molecule has 1 aliphatic carbocycles. The van der Waals surface area contributed by atoms with Gasteiger partial charge in [0.1, 0.15) is 5.60 Å². The summed E-state index contributed by atoms with van der Waals surface area (Å²) >= 11 is 0. The molecule has 4 heteroatoms. The Morgan fingerprint density at radius 3 is 2.67 bits per heavy atom. The number of ether oxygens (including phenoxy) is 1. The molecule has 0 aromatic carbocycles. The fourth-order valence-electron chi connectivity index (χ4n) is 2.94. The van der Waals surface area contributed by atoms with Crippen molar-refractivity contribution in [1.82, 2.24) is 10.2 Å². The Morgan fingerprint density at radius 2 is 2.10 bits per heavy atom. The first-order valence-corrected chi connectivity index (χ1v) is 8.42. The molecule has 21 heavy (non-hydrogen) atoms. The molecule has 0 spiro atoms. The van der Waals surface area contributed by atoms with Crippen LogP contribution in [0.3, 0.4) is 0 Å². The predicted molar refractivity (Wildman–Crippen MR) is 85.4 cm³/mol. The maximum atomic E-state index is 12.3. The Hall–Kier alpha value is -0.770. The van der Waals surface area contributed by atoms with Gasteiger partial charge in [0.25, 0.3) is 0 Å². The number of carbonyl (C=O) groups excluding carboxylic acids is 1. The first-order chi connectivity index (χ1) is 9.69. The molecule has 2 atom stereocenters. The Labute approximate surface area is 129 Å². The third kappa shape index (κ3) is 5.17. The highest BCUT2D eigenvalue weighted by molar-refractivity contribution is 5.68. The molecule has 1 heterocycles. The standard InChI is InChI=1S/C17H32N2O2/c1-13(18-12-17(5)8-9-17)11-14-7-6-10-19(14)15(20)21-16(2,3)4/h13-14,18H,6-12H2,1-5H3. The van der Waals surface area contributed by atoms with Crippen molar-refractivity contribution in [2.75, 3.05) is 13.1 Å². The molecule has 2 aliphatic rings. The fourth-order valence-corrected chi connectivity index (χ4v) is 2.94. The number of amides is 1. The van der Waals surface area contributed by atoms with Crippen LogP contribution in [0.25, 0.3) is 0 Å². The number of carbonyl (C=O) groups is 1. The highest BCUT2D eigenvalue weighted by atomic mass is 16.6. The Morgan fingerprint density at radius 1 is 1.43 bits per heavy atom. The van der Waals surface area contributed by atoms with Gasteiger partial charge in [0.2, 0.25) is 0 Å². The maximum Gasteiger partial charge on any atom is 0.410 e. The molecule has 122 valence electrons. The number of hydrogen-bond acceptors (Lipinski definition) is 3. The van der Waals surface area contributed by atoms with Crippen LogP contribution in [0.1, 0.15) is 66.7 Å². The summed E-state index contributed by atoms with van der Waals surface area (Å²) in [5.41, 5.74) is 0.128. The van der Waals surface area contributed by atoms with E-state index in [1.165, 1.54) is 12.8 Å². The summed E-state index contributed by atoms with van der Waals surface area (Å²) in [6.07, 6.45) is 5.76. The summed E-state index contributed by atoms with van der Waals surface area (Å²) in [5, 5.41) is 3.64. The van der Waals surface area contributed by atoms with Gasteiger partial charge in [-0.15, -0.1) is 0 Å². The van der Waals surface area contributed by atoms with E-state index < -0.39 is 5.60 Å². The van der Waals surface area contributed by atoms with Gasteiger partial charge in [0.05, 0.1) is 0 Å². The molecule has 1 aliphatic heterocycles. The van der Waals surface area contributed by atoms with E-state index in [9.17, 15) is 4.79 Å². The molecule has 2 fully saturated rings. The van der Waals surface area contributed by atoms with E-state index in [0.29, 0.717) is 17.5 Å². The highest BCUT2D eigenvalue weighted by Crippen LogP contribution is 2.44. The van der Waals surface area contributed by atoms with Crippen molar-refractivity contribution in [3.63, 3.8) is 0 Å². The van der Waals surface area contributed by atoms with Crippen LogP contribution in [0.5, 0.6) is 0 Å². The average Bonchev–Trinajstić information content (AvgIpc) is 2.90. The lowest BCUT2D eigenvalue weighted by atomic mass is 10.0. The van der Waals surface area contributed by atoms with Gasteiger partial charge in [-0.1, -0.05) is 6.92 Å². The van der Waals surface area contributed by atoms with Gasteiger partial charge < -0.3 is 15.0 Å². The summed E-state index contributed by atoms with van der Waals surface area (Å²) in [5.74, 6) is 0. The number of likely N-dealkylation sites (tertiary alicyclic amines) is 1. The van der Waals surface area contributed by atoms with Gasteiger partial charge in [-0.05, 0) is 65.2 Å². The molecule has 0 radical (unpaired) electrons. The van der Waals surface area contributed by atoms with Crippen LogP contribution >= 0.6 is 0 Å². The molecule has 4 nitrogen and oxygen atoms in total. The lowest BCUT2D eigenvalue weighted by molar-refractivity contribution is 0.0214. The van der Waals surface area contributed by atoms with Crippen molar-refractivity contribution < 1.29 is 9.53 Å². The Balaban J connectivity index is 1.79. The van der Waals surface area contributed by atoms with E-state index in [0.717, 1.165) is 32.4 Å². The quantitative estimate of drug-likeness (QED) is 0.843. The zero-order valence-electron chi connectivity index (χ0n) is 14.4. The summed E-state index contributed by atoms with van der Waals surface area (Å²) in [6.45, 7) is 12.3. The van der Waals surface area contributed by atoms with Gasteiger partial charge in [-0.25, -0.2) is 4.79 Å². The van der Waals surface area contributed by atoms with E-state index in [-0.39, 0.29) is 6.09 Å². The smallest absolute Gasteiger partial charge is 0.410 e. The number of rotatable bonds is 5. The molecule has 1 amide bonds. The van der Waals surface area contributed by atoms with Crippen LogP contribution < -0.4 is 5.32 Å². The summed E-state index contributed by atoms with van der Waals surface area (Å²) in [6, 6.07) is 0.782. The van der Waals surface area contributed by atoms with Crippen molar-refractivity contribution in [3.8, 4) is 0 Å². The van der Waals surface area contributed by atoms with E-state index in [1.807, 2.05) is 25.7 Å². The lowest BCUT2D eigenvalue weighted by Crippen LogP contribution is -2.43. The van der Waals surface area contributed by atoms with Crippen molar-refractivity contribution in [3.05, 3.63) is 0 Å². The summed E-state index contributed by atoms with van der Waals surface area (Å²) in [7, 11) is 0. The fraction of sp³-hybridized carbons (Fsp3) is 0.941. The average molecular weight is 296 g/mol. The highest BCUT2D eigenvalue weighted by Gasteiger charge is 2.37. The maximum absolute atomic E-state index is 12.3. The number of hydrogen-bond donors (Lipinski definition) is 1. The van der Waals surface area contributed by atoms with Crippen LogP contribution in [0.15, 0.2) is 0 Å². The monoisotopic (exact) mass is 296 g/mol. The largest absolute Gasteiger partial charge is 0.444 e. The van der Waals surface area contributed by atoms with Crippen LogP contribution in [0.2, 0.25) is 0 Å². The van der Waals surface area contributed by atoms with Crippen molar-refractivity contribution in [2.24, 2.45) is 5.41 Å². The van der Waals surface area contributed by atoms with Gasteiger partial charge >= 0.3 is 6.09 Å². The SMILES string of the molecule is CC(CC1CCCN1C(=O)OC(C)(C)C)NCC1(C)CC1. The minimum Gasteiger partial charge on any atom is -0.444 e. The minimum atomic E-state index is -0.408. The van der Waals surface area contributed by atoms with Gasteiger partial charge in [-0.3, -0.25) is 0 Å². The zero-order chi connectivity index (χ0) is 15.7. The van der Waals surface area contributed by atoms with Crippen molar-refractivity contribution in [1.29, 1.82) is 0 Å². The molecule has 1 N–H and O–H groups in total. The second-order valence-corrected chi connectivity index (χ2v) is 8.30. The number of nitrogens with one attached hydrogen (secondary N) is 1. The van der Waals surface area contributed by atoms with E-state index >= 15 is 0 Å². The molecule has 0 bridgehead atoms. The van der Waals surface area contributed by atoms with E-state index in [4.69, 9.17) is 4.74 Å². The third-order valence-corrected chi connectivity index (χ3v) is 4.61. The van der Waals surface area contributed by atoms with E-state index in [1.54, 1.807) is 0 Å². The molecule has 2 rings (SSSR count). The topological polar surface area (TPSA) is 41.6 Å². The molecule has 2 unspecified atom stereocenters. The van der Waals surface area contributed by atoms with E-state index in [2.05, 4.69) is 19.2 Å². The molecular formula is C17H32N2O2. The van der Waals surface area contributed by atoms with Gasteiger partial charge in [-0.2, -0.15) is 0 Å². The molecule has 1 saturated heterocycles. The van der Waals surface area contributed by atoms with Crippen molar-refractivity contribution in [2.45, 2.75) is 84.4 Å².